The SMILES string of the molecule is CCOC(=O)N1CCN(C(=O)[C@H](C)C(=O)OC(C)(C)CN)CC1. The van der Waals surface area contributed by atoms with E-state index in [-0.39, 0.29) is 18.5 Å². The van der Waals surface area contributed by atoms with Gasteiger partial charge in [-0.15, -0.1) is 0 Å². The highest BCUT2D eigenvalue weighted by Gasteiger charge is 2.33. The van der Waals surface area contributed by atoms with Crippen LogP contribution < -0.4 is 5.73 Å². The highest BCUT2D eigenvalue weighted by molar-refractivity contribution is 5.97. The van der Waals surface area contributed by atoms with Gasteiger partial charge >= 0.3 is 12.1 Å². The first-order valence-corrected chi connectivity index (χ1v) is 7.85. The van der Waals surface area contributed by atoms with Gasteiger partial charge in [0.2, 0.25) is 5.91 Å². The maximum Gasteiger partial charge on any atom is 0.409 e. The molecule has 2 N–H and O–H groups in total. The first-order valence-electron chi connectivity index (χ1n) is 7.85. The summed E-state index contributed by atoms with van der Waals surface area (Å²) in [5.41, 5.74) is 4.72. The molecule has 0 spiro atoms. The second kappa shape index (κ2) is 8.14. The average molecular weight is 329 g/mol. The van der Waals surface area contributed by atoms with Gasteiger partial charge in [-0.2, -0.15) is 0 Å². The molecular weight excluding hydrogens is 302 g/mol. The fraction of sp³-hybridized carbons (Fsp3) is 0.800. The molecule has 23 heavy (non-hydrogen) atoms. The molecule has 0 aliphatic carbocycles. The van der Waals surface area contributed by atoms with Gasteiger partial charge in [0.05, 0.1) is 6.61 Å². The van der Waals surface area contributed by atoms with Gasteiger partial charge in [-0.1, -0.05) is 0 Å². The van der Waals surface area contributed by atoms with Crippen LogP contribution in [-0.2, 0) is 19.1 Å². The summed E-state index contributed by atoms with van der Waals surface area (Å²) in [5, 5.41) is 0. The van der Waals surface area contributed by atoms with Crippen molar-refractivity contribution in [3.63, 3.8) is 0 Å². The smallest absolute Gasteiger partial charge is 0.409 e. The second-order valence-electron chi connectivity index (χ2n) is 6.12. The molecule has 1 heterocycles. The van der Waals surface area contributed by atoms with Crippen molar-refractivity contribution in [1.82, 2.24) is 9.80 Å². The largest absolute Gasteiger partial charge is 0.458 e. The third-order valence-corrected chi connectivity index (χ3v) is 3.71. The lowest BCUT2D eigenvalue weighted by molar-refractivity contribution is -0.165. The lowest BCUT2D eigenvalue weighted by atomic mass is 10.1. The third kappa shape index (κ3) is 5.38. The summed E-state index contributed by atoms with van der Waals surface area (Å²) in [4.78, 5) is 39.2. The summed E-state index contributed by atoms with van der Waals surface area (Å²) in [6.07, 6.45) is -0.378. The Hall–Kier alpha value is -1.83. The Morgan fingerprint density at radius 3 is 2.13 bits per heavy atom. The average Bonchev–Trinajstić information content (AvgIpc) is 2.53. The fourth-order valence-electron chi connectivity index (χ4n) is 2.10. The van der Waals surface area contributed by atoms with Gasteiger partial charge in [-0.05, 0) is 27.7 Å². The van der Waals surface area contributed by atoms with Crippen LogP contribution >= 0.6 is 0 Å². The van der Waals surface area contributed by atoms with Crippen molar-refractivity contribution in [2.75, 3.05) is 39.3 Å². The fourth-order valence-corrected chi connectivity index (χ4v) is 2.10. The Kier molecular flexibility index (Phi) is 6.80. The molecule has 1 aliphatic rings. The number of carbonyl (C=O) groups is 3. The minimum absolute atomic E-state index is 0.178. The van der Waals surface area contributed by atoms with Crippen LogP contribution in [0, 0.1) is 5.92 Å². The lowest BCUT2D eigenvalue weighted by Gasteiger charge is -2.35. The molecule has 132 valence electrons. The van der Waals surface area contributed by atoms with Crippen LogP contribution in [0.4, 0.5) is 4.79 Å². The molecule has 1 fully saturated rings. The molecule has 1 atom stereocenters. The Morgan fingerprint density at radius 2 is 1.65 bits per heavy atom. The minimum atomic E-state index is -0.894. The number of hydrogen-bond acceptors (Lipinski definition) is 6. The molecule has 0 saturated carbocycles. The maximum absolute atomic E-state index is 12.4. The summed E-state index contributed by atoms with van der Waals surface area (Å²) >= 11 is 0. The van der Waals surface area contributed by atoms with Gasteiger partial charge in [0, 0.05) is 32.7 Å². The molecule has 1 saturated heterocycles. The number of amides is 2. The van der Waals surface area contributed by atoms with Crippen LogP contribution in [-0.4, -0.2) is 72.7 Å². The molecule has 8 nitrogen and oxygen atoms in total. The predicted molar refractivity (Wildman–Crippen MR) is 83.6 cm³/mol. The van der Waals surface area contributed by atoms with E-state index in [9.17, 15) is 14.4 Å². The monoisotopic (exact) mass is 329 g/mol. The summed E-state index contributed by atoms with van der Waals surface area (Å²) in [7, 11) is 0. The van der Waals surface area contributed by atoms with Crippen molar-refractivity contribution in [1.29, 1.82) is 0 Å². The maximum atomic E-state index is 12.4. The summed E-state index contributed by atoms with van der Waals surface area (Å²) < 4.78 is 10.2. The Labute approximate surface area is 136 Å². The van der Waals surface area contributed by atoms with E-state index in [4.69, 9.17) is 15.2 Å². The quantitative estimate of drug-likeness (QED) is 0.571. The number of nitrogens with two attached hydrogens (primary N) is 1. The van der Waals surface area contributed by atoms with Gasteiger partial charge in [0.1, 0.15) is 11.5 Å². The number of ether oxygens (including phenoxy) is 2. The number of carbonyl (C=O) groups excluding carboxylic acids is 3. The number of esters is 1. The summed E-state index contributed by atoms with van der Waals surface area (Å²) in [6, 6.07) is 0. The topological polar surface area (TPSA) is 102 Å². The normalized spacial score (nSPS) is 16.7. The molecule has 0 aromatic carbocycles. The summed E-state index contributed by atoms with van der Waals surface area (Å²) in [5.74, 6) is -1.78. The van der Waals surface area contributed by atoms with Gasteiger partial charge in [-0.3, -0.25) is 9.59 Å². The Morgan fingerprint density at radius 1 is 1.13 bits per heavy atom. The molecule has 0 aromatic rings. The van der Waals surface area contributed by atoms with Crippen molar-refractivity contribution < 1.29 is 23.9 Å². The molecule has 1 rings (SSSR count). The highest BCUT2D eigenvalue weighted by Crippen LogP contribution is 2.14. The first-order chi connectivity index (χ1) is 10.7. The number of hydrogen-bond donors (Lipinski definition) is 1. The molecule has 0 bridgehead atoms. The zero-order chi connectivity index (χ0) is 17.6. The van der Waals surface area contributed by atoms with E-state index >= 15 is 0 Å². The van der Waals surface area contributed by atoms with Crippen molar-refractivity contribution >= 4 is 18.0 Å². The Balaban J connectivity index is 2.53. The van der Waals surface area contributed by atoms with Crippen LogP contribution in [0.1, 0.15) is 27.7 Å². The molecule has 0 radical (unpaired) electrons. The Bertz CT molecular complexity index is 444. The van der Waals surface area contributed by atoms with Crippen molar-refractivity contribution in [2.24, 2.45) is 11.7 Å². The van der Waals surface area contributed by atoms with Gasteiger partial charge in [0.15, 0.2) is 0 Å². The molecule has 1 aliphatic heterocycles. The standard InChI is InChI=1S/C15H27N3O5/c1-5-22-14(21)18-8-6-17(7-9-18)12(19)11(2)13(20)23-15(3,4)10-16/h11H,5-10,16H2,1-4H3/t11-/m0/s1. The number of nitrogens with zero attached hydrogens (tertiary/aromatic N) is 2. The van der Waals surface area contributed by atoms with Crippen LogP contribution in [0.25, 0.3) is 0 Å². The van der Waals surface area contributed by atoms with E-state index in [1.165, 1.54) is 6.92 Å². The van der Waals surface area contributed by atoms with E-state index in [2.05, 4.69) is 0 Å². The van der Waals surface area contributed by atoms with E-state index in [1.807, 2.05) is 0 Å². The second-order valence-corrected chi connectivity index (χ2v) is 6.12. The van der Waals surface area contributed by atoms with Crippen LogP contribution in [0.2, 0.25) is 0 Å². The number of piperazine rings is 1. The van der Waals surface area contributed by atoms with E-state index in [0.717, 1.165) is 0 Å². The van der Waals surface area contributed by atoms with Gasteiger partial charge in [0.25, 0.3) is 0 Å². The summed E-state index contributed by atoms with van der Waals surface area (Å²) in [6.45, 7) is 8.67. The minimum Gasteiger partial charge on any atom is -0.458 e. The van der Waals surface area contributed by atoms with Crippen LogP contribution in [0.5, 0.6) is 0 Å². The zero-order valence-electron chi connectivity index (χ0n) is 14.3. The van der Waals surface area contributed by atoms with Crippen LogP contribution in [0.15, 0.2) is 0 Å². The van der Waals surface area contributed by atoms with E-state index in [1.54, 1.807) is 30.6 Å². The molecule has 8 heteroatoms. The first kappa shape index (κ1) is 19.2. The molecular formula is C15H27N3O5. The molecule has 2 amide bonds. The van der Waals surface area contributed by atoms with Gasteiger partial charge < -0.3 is 25.0 Å². The van der Waals surface area contributed by atoms with Gasteiger partial charge in [-0.25, -0.2) is 4.79 Å². The number of rotatable bonds is 5. The predicted octanol–water partition coefficient (Wildman–Crippen LogP) is 0.204. The molecule has 0 aromatic heterocycles. The zero-order valence-corrected chi connectivity index (χ0v) is 14.3. The van der Waals surface area contributed by atoms with Crippen molar-refractivity contribution in [3.05, 3.63) is 0 Å². The lowest BCUT2D eigenvalue weighted by Crippen LogP contribution is -2.53. The van der Waals surface area contributed by atoms with Crippen molar-refractivity contribution in [3.8, 4) is 0 Å². The van der Waals surface area contributed by atoms with Crippen LogP contribution in [0.3, 0.4) is 0 Å². The van der Waals surface area contributed by atoms with E-state index in [0.29, 0.717) is 32.8 Å². The molecule has 0 unspecified atom stereocenters. The highest BCUT2D eigenvalue weighted by atomic mass is 16.6. The third-order valence-electron chi connectivity index (χ3n) is 3.71. The van der Waals surface area contributed by atoms with E-state index < -0.39 is 17.5 Å². The van der Waals surface area contributed by atoms with Crippen molar-refractivity contribution in [2.45, 2.75) is 33.3 Å².